The fraction of sp³-hybridized carbons (Fsp3) is 1.00. The van der Waals surface area contributed by atoms with E-state index in [0.717, 1.165) is 0 Å². The highest BCUT2D eigenvalue weighted by Crippen LogP contribution is 2.31. The fourth-order valence-electron chi connectivity index (χ4n) is 1.77. The van der Waals surface area contributed by atoms with Gasteiger partial charge in [0.25, 0.3) is 5.92 Å². The Balaban J connectivity index is 2.44. The van der Waals surface area contributed by atoms with Gasteiger partial charge in [-0.3, -0.25) is 4.90 Å². The van der Waals surface area contributed by atoms with Crippen LogP contribution in [0.4, 0.5) is 8.78 Å². The molecule has 1 rings (SSSR count). The van der Waals surface area contributed by atoms with E-state index in [1.165, 1.54) is 0 Å². The van der Waals surface area contributed by atoms with E-state index in [9.17, 15) is 8.78 Å². The number of aliphatic hydroxyl groups is 1. The molecule has 0 aromatic rings. The number of nitrogens with zero attached hydrogens (tertiary/aromatic N) is 1. The van der Waals surface area contributed by atoms with Crippen molar-refractivity contribution in [1.82, 2.24) is 4.90 Å². The molecule has 0 aromatic carbocycles. The van der Waals surface area contributed by atoms with E-state index in [1.807, 2.05) is 6.92 Å². The van der Waals surface area contributed by atoms with Crippen LogP contribution in [0.1, 0.15) is 13.3 Å². The number of likely N-dealkylation sites (tertiary alicyclic amines) is 1. The number of hydrogen-bond donors (Lipinski definition) is 1. The third-order valence-electron chi connectivity index (χ3n) is 2.39. The Labute approximate surface area is 82.7 Å². The summed E-state index contributed by atoms with van der Waals surface area (Å²) in [4.78, 5) is 1.59. The van der Waals surface area contributed by atoms with Crippen LogP contribution >= 0.6 is 0 Å². The summed E-state index contributed by atoms with van der Waals surface area (Å²) >= 11 is 0. The van der Waals surface area contributed by atoms with Gasteiger partial charge < -0.3 is 9.84 Å². The molecule has 1 aliphatic rings. The van der Waals surface area contributed by atoms with Crippen molar-refractivity contribution >= 4 is 0 Å². The minimum absolute atomic E-state index is 0.0846. The standard InChI is InChI=1S/C9H17F2NO2/c1-2-14-6-8-5-9(10,11)7-12(8)3-4-13/h8,13H,2-7H2,1H3. The third-order valence-corrected chi connectivity index (χ3v) is 2.39. The van der Waals surface area contributed by atoms with Gasteiger partial charge in [-0.2, -0.15) is 0 Å². The molecule has 0 amide bonds. The maximum atomic E-state index is 13.0. The van der Waals surface area contributed by atoms with Gasteiger partial charge in [-0.15, -0.1) is 0 Å². The Morgan fingerprint density at radius 3 is 2.86 bits per heavy atom. The van der Waals surface area contributed by atoms with Gasteiger partial charge in [-0.05, 0) is 6.92 Å². The second-order valence-electron chi connectivity index (χ2n) is 3.57. The average molecular weight is 209 g/mol. The van der Waals surface area contributed by atoms with Crippen LogP contribution in [0.5, 0.6) is 0 Å². The molecular weight excluding hydrogens is 192 g/mol. The van der Waals surface area contributed by atoms with Gasteiger partial charge >= 0.3 is 0 Å². The second-order valence-corrected chi connectivity index (χ2v) is 3.57. The van der Waals surface area contributed by atoms with Gasteiger partial charge in [0.05, 0.1) is 19.8 Å². The molecule has 1 heterocycles. The monoisotopic (exact) mass is 209 g/mol. The van der Waals surface area contributed by atoms with E-state index in [-0.39, 0.29) is 25.6 Å². The lowest BCUT2D eigenvalue weighted by Crippen LogP contribution is -2.35. The van der Waals surface area contributed by atoms with Gasteiger partial charge in [-0.25, -0.2) is 8.78 Å². The molecule has 1 atom stereocenters. The molecule has 1 fully saturated rings. The topological polar surface area (TPSA) is 32.7 Å². The molecule has 1 unspecified atom stereocenters. The van der Waals surface area contributed by atoms with Gasteiger partial charge in [0.15, 0.2) is 0 Å². The lowest BCUT2D eigenvalue weighted by Gasteiger charge is -2.21. The zero-order valence-corrected chi connectivity index (χ0v) is 8.38. The molecule has 1 saturated heterocycles. The van der Waals surface area contributed by atoms with Crippen LogP contribution < -0.4 is 0 Å². The highest BCUT2D eigenvalue weighted by molar-refractivity contribution is 4.90. The Morgan fingerprint density at radius 2 is 2.29 bits per heavy atom. The minimum atomic E-state index is -2.63. The molecule has 0 radical (unpaired) electrons. The van der Waals surface area contributed by atoms with E-state index in [4.69, 9.17) is 9.84 Å². The van der Waals surface area contributed by atoms with Crippen molar-refractivity contribution in [2.24, 2.45) is 0 Å². The summed E-state index contributed by atoms with van der Waals surface area (Å²) in [5, 5.41) is 8.71. The van der Waals surface area contributed by atoms with Crippen LogP contribution in [-0.4, -0.2) is 54.9 Å². The maximum Gasteiger partial charge on any atom is 0.262 e. The summed E-state index contributed by atoms with van der Waals surface area (Å²) in [7, 11) is 0. The molecule has 14 heavy (non-hydrogen) atoms. The van der Waals surface area contributed by atoms with Gasteiger partial charge in [0.2, 0.25) is 0 Å². The lowest BCUT2D eigenvalue weighted by molar-refractivity contribution is 0.0105. The summed E-state index contributed by atoms with van der Waals surface area (Å²) in [5.41, 5.74) is 0. The Morgan fingerprint density at radius 1 is 1.57 bits per heavy atom. The number of rotatable bonds is 5. The van der Waals surface area contributed by atoms with E-state index in [0.29, 0.717) is 19.8 Å². The predicted molar refractivity (Wildman–Crippen MR) is 48.5 cm³/mol. The SMILES string of the molecule is CCOCC1CC(F)(F)CN1CCO. The van der Waals surface area contributed by atoms with Crippen LogP contribution in [0.25, 0.3) is 0 Å². The lowest BCUT2D eigenvalue weighted by atomic mass is 10.2. The van der Waals surface area contributed by atoms with E-state index >= 15 is 0 Å². The first kappa shape index (κ1) is 11.8. The molecule has 0 bridgehead atoms. The molecule has 0 aromatic heterocycles. The Kier molecular flexibility index (Phi) is 4.22. The number of aliphatic hydroxyl groups excluding tert-OH is 1. The molecule has 1 N–H and O–H groups in total. The first-order valence-electron chi connectivity index (χ1n) is 4.89. The van der Waals surface area contributed by atoms with Crippen molar-refractivity contribution in [3.8, 4) is 0 Å². The smallest absolute Gasteiger partial charge is 0.262 e. The predicted octanol–water partition coefficient (Wildman–Crippen LogP) is 0.725. The number of halogens is 2. The van der Waals surface area contributed by atoms with Gasteiger partial charge in [-0.1, -0.05) is 0 Å². The van der Waals surface area contributed by atoms with Crippen molar-refractivity contribution in [3.05, 3.63) is 0 Å². The zero-order chi connectivity index (χ0) is 10.6. The maximum absolute atomic E-state index is 13.0. The molecule has 84 valence electrons. The third kappa shape index (κ3) is 3.15. The molecule has 1 aliphatic heterocycles. The number of β-amino-alcohol motifs (C(OH)–C–C–N with tert-alkyl or cyclic N) is 1. The van der Waals surface area contributed by atoms with Crippen LogP contribution in [-0.2, 0) is 4.74 Å². The number of alkyl halides is 2. The minimum Gasteiger partial charge on any atom is -0.395 e. The van der Waals surface area contributed by atoms with Crippen LogP contribution in [0.3, 0.4) is 0 Å². The van der Waals surface area contributed by atoms with Crippen molar-refractivity contribution < 1.29 is 18.6 Å². The molecule has 0 spiro atoms. The summed E-state index contributed by atoms with van der Waals surface area (Å²) in [6.45, 7) is 2.65. The summed E-state index contributed by atoms with van der Waals surface area (Å²) in [6, 6.07) is -0.253. The van der Waals surface area contributed by atoms with Crippen LogP contribution in [0, 0.1) is 0 Å². The first-order chi connectivity index (χ1) is 6.59. The van der Waals surface area contributed by atoms with Crippen molar-refractivity contribution in [2.45, 2.75) is 25.3 Å². The fourth-order valence-corrected chi connectivity index (χ4v) is 1.77. The molecule has 0 aliphatic carbocycles. The van der Waals surface area contributed by atoms with Crippen molar-refractivity contribution in [3.63, 3.8) is 0 Å². The zero-order valence-electron chi connectivity index (χ0n) is 8.38. The van der Waals surface area contributed by atoms with Gasteiger partial charge in [0.1, 0.15) is 0 Å². The summed E-state index contributed by atoms with van der Waals surface area (Å²) < 4.78 is 31.2. The molecule has 5 heteroatoms. The van der Waals surface area contributed by atoms with E-state index in [2.05, 4.69) is 0 Å². The Hall–Kier alpha value is -0.260. The Bertz CT molecular complexity index is 178. The quantitative estimate of drug-likeness (QED) is 0.724. The summed E-state index contributed by atoms with van der Waals surface area (Å²) in [5.74, 6) is -2.63. The van der Waals surface area contributed by atoms with Crippen molar-refractivity contribution in [2.75, 3.05) is 32.9 Å². The van der Waals surface area contributed by atoms with Crippen LogP contribution in [0.2, 0.25) is 0 Å². The highest BCUT2D eigenvalue weighted by atomic mass is 19.3. The van der Waals surface area contributed by atoms with E-state index in [1.54, 1.807) is 4.90 Å². The van der Waals surface area contributed by atoms with E-state index < -0.39 is 5.92 Å². The van der Waals surface area contributed by atoms with Crippen molar-refractivity contribution in [1.29, 1.82) is 0 Å². The molecule has 0 saturated carbocycles. The highest BCUT2D eigenvalue weighted by Gasteiger charge is 2.44. The summed E-state index contributed by atoms with van der Waals surface area (Å²) in [6.07, 6.45) is -0.160. The largest absolute Gasteiger partial charge is 0.395 e. The normalized spacial score (nSPS) is 27.0. The molecular formula is C9H17F2NO2. The average Bonchev–Trinajstić information content (AvgIpc) is 2.38. The molecule has 3 nitrogen and oxygen atoms in total. The second kappa shape index (κ2) is 5.00. The number of hydrogen-bond acceptors (Lipinski definition) is 3. The first-order valence-corrected chi connectivity index (χ1v) is 4.89. The van der Waals surface area contributed by atoms with Gasteiger partial charge in [0, 0.05) is 25.6 Å². The van der Waals surface area contributed by atoms with Crippen LogP contribution in [0.15, 0.2) is 0 Å². The number of ether oxygens (including phenoxy) is 1.